The summed E-state index contributed by atoms with van der Waals surface area (Å²) in [6, 6.07) is 2.17. The quantitative estimate of drug-likeness (QED) is 0.553. The van der Waals surface area contributed by atoms with Crippen LogP contribution in [0.4, 0.5) is 0 Å². The Labute approximate surface area is 125 Å². The highest BCUT2D eigenvalue weighted by molar-refractivity contribution is 5.91. The third kappa shape index (κ3) is 5.17. The standard InChI is InChI=1S/C16H24O5/c1-9(2)5-12(6-10(3)4)21-16(20)11-7-13(17)15(19)14(18)8-11/h7-10,12,17-19H,5-6H2,1-4H3. The Morgan fingerprint density at radius 3 is 1.81 bits per heavy atom. The minimum absolute atomic E-state index is 0.0142. The minimum atomic E-state index is -0.646. The van der Waals surface area contributed by atoms with Crippen LogP contribution in [0, 0.1) is 11.8 Å². The topological polar surface area (TPSA) is 87.0 Å². The number of carbonyl (C=O) groups is 1. The number of esters is 1. The predicted molar refractivity (Wildman–Crippen MR) is 79.5 cm³/mol. The van der Waals surface area contributed by atoms with Gasteiger partial charge in [0.25, 0.3) is 0 Å². The van der Waals surface area contributed by atoms with Gasteiger partial charge in [0.2, 0.25) is 0 Å². The van der Waals surface area contributed by atoms with Crippen LogP contribution in [-0.4, -0.2) is 27.4 Å². The van der Waals surface area contributed by atoms with Gasteiger partial charge in [-0.2, -0.15) is 0 Å². The molecule has 0 fully saturated rings. The van der Waals surface area contributed by atoms with Crippen LogP contribution in [0.5, 0.6) is 17.2 Å². The van der Waals surface area contributed by atoms with Crippen molar-refractivity contribution in [3.63, 3.8) is 0 Å². The van der Waals surface area contributed by atoms with E-state index in [1.807, 2.05) is 0 Å². The van der Waals surface area contributed by atoms with Crippen molar-refractivity contribution in [1.29, 1.82) is 0 Å². The second-order valence-corrected chi connectivity index (χ2v) is 6.15. The SMILES string of the molecule is CC(C)CC(CC(C)C)OC(=O)c1cc(O)c(O)c(O)c1. The predicted octanol–water partition coefficient (Wildman–Crippen LogP) is 3.42. The second-order valence-electron chi connectivity index (χ2n) is 6.15. The molecular weight excluding hydrogens is 272 g/mol. The van der Waals surface area contributed by atoms with E-state index in [1.165, 1.54) is 0 Å². The molecule has 21 heavy (non-hydrogen) atoms. The van der Waals surface area contributed by atoms with Crippen LogP contribution < -0.4 is 0 Å². The zero-order valence-corrected chi connectivity index (χ0v) is 13.0. The molecule has 0 aliphatic rings. The first-order valence-electron chi connectivity index (χ1n) is 7.16. The average molecular weight is 296 g/mol. The van der Waals surface area contributed by atoms with E-state index >= 15 is 0 Å². The van der Waals surface area contributed by atoms with Gasteiger partial charge in [-0.3, -0.25) is 0 Å². The van der Waals surface area contributed by atoms with E-state index in [-0.39, 0.29) is 11.7 Å². The van der Waals surface area contributed by atoms with Crippen LogP contribution in [0.15, 0.2) is 12.1 Å². The second kappa shape index (κ2) is 7.20. The first kappa shape index (κ1) is 17.1. The van der Waals surface area contributed by atoms with E-state index in [9.17, 15) is 20.1 Å². The average Bonchev–Trinajstić information content (AvgIpc) is 2.33. The maximum absolute atomic E-state index is 12.1. The first-order valence-corrected chi connectivity index (χ1v) is 7.16. The van der Waals surface area contributed by atoms with Gasteiger partial charge in [0.1, 0.15) is 6.10 Å². The highest BCUT2D eigenvalue weighted by atomic mass is 16.5. The summed E-state index contributed by atoms with van der Waals surface area (Å²) >= 11 is 0. The van der Waals surface area contributed by atoms with Crippen molar-refractivity contribution >= 4 is 5.97 Å². The number of ether oxygens (including phenoxy) is 1. The van der Waals surface area contributed by atoms with Crippen LogP contribution in [-0.2, 0) is 4.74 Å². The number of aromatic hydroxyl groups is 3. The number of phenolic OH excluding ortho intramolecular Hbond substituents is 3. The van der Waals surface area contributed by atoms with Crippen molar-refractivity contribution in [3.05, 3.63) is 17.7 Å². The fourth-order valence-corrected chi connectivity index (χ4v) is 2.19. The fourth-order valence-electron chi connectivity index (χ4n) is 2.19. The molecule has 1 aromatic rings. The molecule has 3 N–H and O–H groups in total. The van der Waals surface area contributed by atoms with E-state index in [0.29, 0.717) is 11.8 Å². The lowest BCUT2D eigenvalue weighted by Crippen LogP contribution is -2.22. The lowest BCUT2D eigenvalue weighted by molar-refractivity contribution is 0.0199. The lowest BCUT2D eigenvalue weighted by Gasteiger charge is -2.21. The highest BCUT2D eigenvalue weighted by Crippen LogP contribution is 2.35. The molecule has 0 saturated heterocycles. The number of benzene rings is 1. The number of hydrogen-bond donors (Lipinski definition) is 3. The third-order valence-corrected chi connectivity index (χ3v) is 3.05. The summed E-state index contributed by atoms with van der Waals surface area (Å²) < 4.78 is 5.47. The van der Waals surface area contributed by atoms with Gasteiger partial charge in [0.15, 0.2) is 17.2 Å². The van der Waals surface area contributed by atoms with Gasteiger partial charge in [-0.1, -0.05) is 27.7 Å². The molecule has 118 valence electrons. The van der Waals surface area contributed by atoms with Crippen LogP contribution in [0.1, 0.15) is 50.9 Å². The van der Waals surface area contributed by atoms with E-state index in [1.54, 1.807) is 0 Å². The highest BCUT2D eigenvalue weighted by Gasteiger charge is 2.20. The van der Waals surface area contributed by atoms with E-state index in [2.05, 4.69) is 27.7 Å². The zero-order chi connectivity index (χ0) is 16.2. The number of hydrogen-bond acceptors (Lipinski definition) is 5. The zero-order valence-electron chi connectivity index (χ0n) is 13.0. The summed E-state index contributed by atoms with van der Waals surface area (Å²) in [5.74, 6) is -1.58. The number of rotatable bonds is 6. The van der Waals surface area contributed by atoms with Gasteiger partial charge in [0.05, 0.1) is 5.56 Å². The summed E-state index contributed by atoms with van der Waals surface area (Å²) in [5.41, 5.74) is 0.0142. The van der Waals surface area contributed by atoms with Crippen LogP contribution >= 0.6 is 0 Å². The molecule has 0 heterocycles. The van der Waals surface area contributed by atoms with Crippen LogP contribution in [0.3, 0.4) is 0 Å². The molecule has 0 unspecified atom stereocenters. The third-order valence-electron chi connectivity index (χ3n) is 3.05. The fraction of sp³-hybridized carbons (Fsp3) is 0.562. The molecule has 0 saturated carbocycles. The molecule has 5 heteroatoms. The lowest BCUT2D eigenvalue weighted by atomic mass is 9.98. The molecule has 1 rings (SSSR count). The maximum atomic E-state index is 12.1. The summed E-state index contributed by atoms with van der Waals surface area (Å²) in [4.78, 5) is 12.1. The van der Waals surface area contributed by atoms with Crippen LogP contribution in [0.25, 0.3) is 0 Å². The Balaban J connectivity index is 2.86. The van der Waals surface area contributed by atoms with Crippen molar-refractivity contribution in [3.8, 4) is 17.2 Å². The molecule has 0 aliphatic heterocycles. The Bertz CT molecular complexity index is 460. The van der Waals surface area contributed by atoms with Crippen LogP contribution in [0.2, 0.25) is 0 Å². The van der Waals surface area contributed by atoms with Gasteiger partial charge >= 0.3 is 5.97 Å². The van der Waals surface area contributed by atoms with Crippen molar-refractivity contribution in [2.45, 2.75) is 46.6 Å². The summed E-state index contributed by atoms with van der Waals surface area (Å²) in [6.07, 6.45) is 1.29. The van der Waals surface area contributed by atoms with Gasteiger partial charge in [-0.15, -0.1) is 0 Å². The van der Waals surface area contributed by atoms with Gasteiger partial charge < -0.3 is 20.1 Å². The molecular formula is C16H24O5. The normalized spacial score (nSPS) is 11.4. The molecule has 0 amide bonds. The first-order chi connectivity index (χ1) is 9.70. The molecule has 0 atom stereocenters. The van der Waals surface area contributed by atoms with Gasteiger partial charge in [-0.05, 0) is 36.8 Å². The summed E-state index contributed by atoms with van der Waals surface area (Å²) in [5, 5.41) is 28.2. The van der Waals surface area contributed by atoms with Crippen molar-refractivity contribution in [2.75, 3.05) is 0 Å². The van der Waals surface area contributed by atoms with Crippen molar-refractivity contribution < 1.29 is 24.9 Å². The Kier molecular flexibility index (Phi) is 5.88. The Hall–Kier alpha value is -1.91. The van der Waals surface area contributed by atoms with E-state index in [0.717, 1.165) is 25.0 Å². The van der Waals surface area contributed by atoms with Crippen molar-refractivity contribution in [2.24, 2.45) is 11.8 Å². The smallest absolute Gasteiger partial charge is 0.338 e. The largest absolute Gasteiger partial charge is 0.504 e. The minimum Gasteiger partial charge on any atom is -0.504 e. The summed E-state index contributed by atoms with van der Waals surface area (Å²) in [6.45, 7) is 8.22. The van der Waals surface area contributed by atoms with E-state index < -0.39 is 23.2 Å². The molecule has 0 spiro atoms. The van der Waals surface area contributed by atoms with Gasteiger partial charge in [0, 0.05) is 0 Å². The van der Waals surface area contributed by atoms with Gasteiger partial charge in [-0.25, -0.2) is 4.79 Å². The van der Waals surface area contributed by atoms with Crippen molar-refractivity contribution in [1.82, 2.24) is 0 Å². The molecule has 1 aromatic carbocycles. The maximum Gasteiger partial charge on any atom is 0.338 e. The molecule has 5 nitrogen and oxygen atoms in total. The van der Waals surface area contributed by atoms with E-state index in [4.69, 9.17) is 4.74 Å². The monoisotopic (exact) mass is 296 g/mol. The Morgan fingerprint density at radius 1 is 1.00 bits per heavy atom. The molecule has 0 aromatic heterocycles. The number of carbonyl (C=O) groups excluding carboxylic acids is 1. The summed E-state index contributed by atoms with van der Waals surface area (Å²) in [7, 11) is 0. The Morgan fingerprint density at radius 2 is 1.43 bits per heavy atom. The molecule has 0 radical (unpaired) electrons. The molecule has 0 bridgehead atoms. The molecule has 0 aliphatic carbocycles. The number of phenols is 3.